The van der Waals surface area contributed by atoms with E-state index in [4.69, 9.17) is 14.2 Å². The van der Waals surface area contributed by atoms with E-state index in [1.165, 1.54) is 96.3 Å². The van der Waals surface area contributed by atoms with E-state index in [1.807, 2.05) is 54.7 Å². The summed E-state index contributed by atoms with van der Waals surface area (Å²) >= 11 is 0. The maximum Gasteiger partial charge on any atom is 0.306 e. The fourth-order valence-electron chi connectivity index (χ4n) is 6.61. The molecule has 0 rings (SSSR count). The van der Waals surface area contributed by atoms with Gasteiger partial charge in [0.25, 0.3) is 0 Å². The lowest BCUT2D eigenvalue weighted by Gasteiger charge is -2.18. The minimum Gasteiger partial charge on any atom is -0.462 e. The molecule has 0 aliphatic rings. The summed E-state index contributed by atoms with van der Waals surface area (Å²) in [5.74, 6) is -1.02. The molecule has 0 bridgehead atoms. The number of hydrogen-bond acceptors (Lipinski definition) is 6. The Hall–Kier alpha value is -3.67. The van der Waals surface area contributed by atoms with Gasteiger partial charge in [0.1, 0.15) is 13.2 Å². The van der Waals surface area contributed by atoms with Crippen molar-refractivity contribution >= 4 is 17.9 Å². The minimum atomic E-state index is -0.817. The van der Waals surface area contributed by atoms with E-state index in [0.717, 1.165) is 77.0 Å². The molecular weight excluding hydrogens is 769 g/mol. The molecule has 1 unspecified atom stereocenters. The fraction of sp³-hybridized carbons (Fsp3) is 0.661. The Morgan fingerprint density at radius 1 is 0.355 bits per heavy atom. The van der Waals surface area contributed by atoms with Crippen LogP contribution in [0.3, 0.4) is 0 Å². The van der Waals surface area contributed by atoms with Crippen molar-refractivity contribution in [2.45, 2.75) is 226 Å². The smallest absolute Gasteiger partial charge is 0.306 e. The van der Waals surface area contributed by atoms with Crippen LogP contribution in [0.5, 0.6) is 0 Å². The highest BCUT2D eigenvalue weighted by molar-refractivity contribution is 5.71. The van der Waals surface area contributed by atoms with Crippen LogP contribution < -0.4 is 0 Å². The maximum absolute atomic E-state index is 12.8. The van der Waals surface area contributed by atoms with E-state index in [2.05, 4.69) is 63.3 Å². The van der Waals surface area contributed by atoms with E-state index >= 15 is 0 Å². The quantitative estimate of drug-likeness (QED) is 0.0200. The predicted molar refractivity (Wildman–Crippen MR) is 265 cm³/mol. The van der Waals surface area contributed by atoms with Crippen molar-refractivity contribution in [3.8, 4) is 0 Å². The van der Waals surface area contributed by atoms with Crippen LogP contribution in [0.2, 0.25) is 0 Å². The number of carbonyl (C=O) groups is 3. The highest BCUT2D eigenvalue weighted by atomic mass is 16.6. The summed E-state index contributed by atoms with van der Waals surface area (Å²) in [6.45, 7) is 6.37. The Bertz CT molecular complexity index is 1260. The third-order valence-corrected chi connectivity index (χ3v) is 10.4. The molecule has 1 atom stereocenters. The summed E-state index contributed by atoms with van der Waals surface area (Å²) in [6.07, 6.45) is 65.4. The summed E-state index contributed by atoms with van der Waals surface area (Å²) in [4.78, 5) is 37.9. The number of rotatable bonds is 44. The van der Waals surface area contributed by atoms with Crippen LogP contribution in [-0.2, 0) is 28.6 Å². The van der Waals surface area contributed by atoms with Gasteiger partial charge in [-0.3, -0.25) is 14.4 Å². The molecule has 352 valence electrons. The Kier molecular flexibility index (Phi) is 47.0. The second kappa shape index (κ2) is 50.0. The first-order chi connectivity index (χ1) is 30.5. The molecule has 6 nitrogen and oxygen atoms in total. The molecule has 0 spiro atoms. The van der Waals surface area contributed by atoms with E-state index in [1.54, 1.807) is 0 Å². The topological polar surface area (TPSA) is 78.9 Å². The molecular formula is C56H92O6. The average Bonchev–Trinajstić information content (AvgIpc) is 3.27. The van der Waals surface area contributed by atoms with Crippen LogP contribution >= 0.6 is 0 Å². The molecule has 0 aromatic carbocycles. The van der Waals surface area contributed by atoms with Crippen molar-refractivity contribution in [1.29, 1.82) is 0 Å². The number of ether oxygens (including phenoxy) is 3. The third-order valence-electron chi connectivity index (χ3n) is 10.4. The van der Waals surface area contributed by atoms with Gasteiger partial charge >= 0.3 is 17.9 Å². The summed E-state index contributed by atoms with van der Waals surface area (Å²) in [5.41, 5.74) is 0. The molecule has 0 saturated heterocycles. The molecule has 0 heterocycles. The van der Waals surface area contributed by atoms with Crippen LogP contribution in [0.25, 0.3) is 0 Å². The molecule has 0 N–H and O–H groups in total. The van der Waals surface area contributed by atoms with E-state index < -0.39 is 6.10 Å². The molecule has 0 radical (unpaired) electrons. The van der Waals surface area contributed by atoms with Crippen LogP contribution in [0, 0.1) is 0 Å². The fourth-order valence-corrected chi connectivity index (χ4v) is 6.61. The summed E-state index contributed by atoms with van der Waals surface area (Å²) in [6, 6.07) is 0. The molecule has 62 heavy (non-hydrogen) atoms. The number of allylic oxidation sites excluding steroid dienone is 16. The number of unbranched alkanes of at least 4 members (excludes halogenated alkanes) is 21. The molecule has 0 amide bonds. The van der Waals surface area contributed by atoms with Crippen molar-refractivity contribution in [3.05, 3.63) is 97.2 Å². The lowest BCUT2D eigenvalue weighted by Crippen LogP contribution is -2.30. The Balaban J connectivity index is 4.51. The summed E-state index contributed by atoms with van der Waals surface area (Å²) in [7, 11) is 0. The first-order valence-corrected chi connectivity index (χ1v) is 25.3. The van der Waals surface area contributed by atoms with Crippen molar-refractivity contribution in [2.75, 3.05) is 13.2 Å². The van der Waals surface area contributed by atoms with Crippen molar-refractivity contribution in [1.82, 2.24) is 0 Å². The maximum atomic E-state index is 12.8. The standard InChI is InChI=1S/C56H92O6/c1-4-7-10-13-16-19-22-25-27-28-29-32-34-37-40-43-46-49-55(58)61-52-53(51-60-54(57)48-45-42-39-36-33-30-24-21-18-15-12-9-6-3)62-56(59)50-47-44-41-38-35-31-26-23-20-17-14-11-8-5-2/h9,12,15-16,18-19,21,24-25,27,30-31,33,35-36,39,53H,4-8,10-11,13-14,17,20,22-23,26,28-29,32,34,37-38,40-52H2,1-3H3/b12-9-,18-15-,19-16-,24-21-,27-25-,33-30-,35-31-,39-36-. The Morgan fingerprint density at radius 2 is 0.710 bits per heavy atom. The first kappa shape index (κ1) is 58.3. The van der Waals surface area contributed by atoms with Crippen molar-refractivity contribution in [3.63, 3.8) is 0 Å². The molecule has 6 heteroatoms. The van der Waals surface area contributed by atoms with Crippen molar-refractivity contribution in [2.24, 2.45) is 0 Å². The summed E-state index contributed by atoms with van der Waals surface area (Å²) < 4.78 is 16.7. The van der Waals surface area contributed by atoms with Gasteiger partial charge in [0.05, 0.1) is 0 Å². The van der Waals surface area contributed by atoms with E-state index in [-0.39, 0.29) is 44.0 Å². The van der Waals surface area contributed by atoms with Gasteiger partial charge in [-0.05, 0) is 89.9 Å². The molecule has 0 aliphatic heterocycles. The average molecular weight is 861 g/mol. The van der Waals surface area contributed by atoms with Gasteiger partial charge in [-0.2, -0.15) is 0 Å². The zero-order valence-corrected chi connectivity index (χ0v) is 40.1. The van der Waals surface area contributed by atoms with Gasteiger partial charge in [0.2, 0.25) is 0 Å². The highest BCUT2D eigenvalue weighted by Crippen LogP contribution is 2.13. The van der Waals surface area contributed by atoms with Crippen LogP contribution in [-0.4, -0.2) is 37.2 Å². The monoisotopic (exact) mass is 861 g/mol. The van der Waals surface area contributed by atoms with Crippen LogP contribution in [0.1, 0.15) is 220 Å². The van der Waals surface area contributed by atoms with Gasteiger partial charge in [0.15, 0.2) is 6.10 Å². The van der Waals surface area contributed by atoms with E-state index in [9.17, 15) is 14.4 Å². The third kappa shape index (κ3) is 47.4. The molecule has 0 saturated carbocycles. The second-order valence-electron chi connectivity index (χ2n) is 16.5. The van der Waals surface area contributed by atoms with Crippen molar-refractivity contribution < 1.29 is 28.6 Å². The lowest BCUT2D eigenvalue weighted by atomic mass is 10.1. The lowest BCUT2D eigenvalue weighted by molar-refractivity contribution is -0.167. The zero-order chi connectivity index (χ0) is 45.1. The SMILES string of the molecule is CC\C=C/C=C\C=C/C=C\C=C/CCCC(=O)OCC(COC(=O)CCCCCCCCC/C=C\C/C=C\CCCCC)OC(=O)CCCCC/C=C\CCCCCCCCC. The normalized spacial score (nSPS) is 12.9. The first-order valence-electron chi connectivity index (χ1n) is 25.3. The van der Waals surface area contributed by atoms with E-state index in [0.29, 0.717) is 12.8 Å². The predicted octanol–water partition coefficient (Wildman–Crippen LogP) is 16.6. The second-order valence-corrected chi connectivity index (χ2v) is 16.5. The summed E-state index contributed by atoms with van der Waals surface area (Å²) in [5, 5.41) is 0. The molecule has 0 aliphatic carbocycles. The Morgan fingerprint density at radius 3 is 1.23 bits per heavy atom. The highest BCUT2D eigenvalue weighted by Gasteiger charge is 2.19. The largest absolute Gasteiger partial charge is 0.462 e. The van der Waals surface area contributed by atoms with Gasteiger partial charge in [-0.25, -0.2) is 0 Å². The van der Waals surface area contributed by atoms with Gasteiger partial charge in [0, 0.05) is 19.3 Å². The number of esters is 3. The number of hydrogen-bond donors (Lipinski definition) is 0. The minimum absolute atomic E-state index is 0.111. The van der Waals surface area contributed by atoms with Gasteiger partial charge < -0.3 is 14.2 Å². The van der Waals surface area contributed by atoms with Gasteiger partial charge in [-0.1, -0.05) is 208 Å². The molecule has 0 aromatic rings. The zero-order valence-electron chi connectivity index (χ0n) is 40.1. The van der Waals surface area contributed by atoms with Crippen LogP contribution in [0.4, 0.5) is 0 Å². The molecule has 0 fully saturated rings. The van der Waals surface area contributed by atoms with Gasteiger partial charge in [-0.15, -0.1) is 0 Å². The molecule has 0 aromatic heterocycles. The number of carbonyl (C=O) groups excluding carboxylic acids is 3. The Labute approximate surface area is 381 Å². The van der Waals surface area contributed by atoms with Crippen LogP contribution in [0.15, 0.2) is 97.2 Å².